The lowest BCUT2D eigenvalue weighted by atomic mass is 9.96. The first-order valence-corrected chi connectivity index (χ1v) is 10.8. The second-order valence-electron chi connectivity index (χ2n) is 7.59. The molecule has 5 nitrogen and oxygen atoms in total. The lowest BCUT2D eigenvalue weighted by Gasteiger charge is -2.38. The van der Waals surface area contributed by atoms with Gasteiger partial charge in [-0.05, 0) is 30.2 Å². The van der Waals surface area contributed by atoms with Crippen molar-refractivity contribution in [3.05, 3.63) is 95.6 Å². The average Bonchev–Trinajstić information content (AvgIpc) is 2.82. The number of phenols is 1. The highest BCUT2D eigenvalue weighted by Gasteiger charge is 2.25. The van der Waals surface area contributed by atoms with Crippen LogP contribution in [-0.2, 0) is 0 Å². The number of ether oxygens (including phenoxy) is 1. The van der Waals surface area contributed by atoms with Crippen LogP contribution in [0.5, 0.6) is 11.5 Å². The maximum absolute atomic E-state index is 10.4. The largest absolute Gasteiger partial charge is 0.504 e. The number of hydrogen-bond donors (Lipinski definition) is 1. The Balaban J connectivity index is 1.45. The molecule has 3 aromatic rings. The number of aromatic hydroxyl groups is 1. The van der Waals surface area contributed by atoms with Gasteiger partial charge in [-0.1, -0.05) is 66.7 Å². The number of benzene rings is 3. The van der Waals surface area contributed by atoms with Gasteiger partial charge < -0.3 is 9.84 Å². The zero-order valence-corrected chi connectivity index (χ0v) is 17.9. The van der Waals surface area contributed by atoms with Crippen molar-refractivity contribution in [2.45, 2.75) is 13.0 Å². The van der Waals surface area contributed by atoms with E-state index in [0.717, 1.165) is 26.2 Å². The first-order valence-electron chi connectivity index (χ1n) is 10.8. The molecular weight excluding hydrogens is 386 g/mol. The number of rotatable bonds is 7. The van der Waals surface area contributed by atoms with Gasteiger partial charge in [0.15, 0.2) is 11.5 Å². The molecule has 0 radical (unpaired) electrons. The molecule has 0 bridgehead atoms. The van der Waals surface area contributed by atoms with Gasteiger partial charge >= 0.3 is 0 Å². The van der Waals surface area contributed by atoms with Crippen LogP contribution in [0.4, 0.5) is 0 Å². The highest BCUT2D eigenvalue weighted by Crippen LogP contribution is 2.30. The standard InChI is InChI=1S/C26H29N3O2/c1-2-31-24-15-9-14-23(26(24)30)20-27-29-18-16-28(17-19-29)25(21-10-5-3-6-11-21)22-12-7-4-8-13-22/h3-15,20,25,30H,2,16-19H2,1H3/b27-20+. The van der Waals surface area contributed by atoms with Crippen molar-refractivity contribution in [1.82, 2.24) is 9.91 Å². The SMILES string of the molecule is CCOc1cccc(/C=N/N2CCN(C(c3ccccc3)c3ccccc3)CC2)c1O. The summed E-state index contributed by atoms with van der Waals surface area (Å²) in [5.74, 6) is 0.629. The van der Waals surface area contributed by atoms with Gasteiger partial charge in [-0.15, -0.1) is 0 Å². The fraction of sp³-hybridized carbons (Fsp3) is 0.269. The topological polar surface area (TPSA) is 48.3 Å². The molecule has 1 saturated heterocycles. The van der Waals surface area contributed by atoms with Crippen molar-refractivity contribution < 1.29 is 9.84 Å². The maximum atomic E-state index is 10.4. The Morgan fingerprint density at radius 2 is 1.48 bits per heavy atom. The summed E-state index contributed by atoms with van der Waals surface area (Å²) in [5, 5.41) is 17.1. The Kier molecular flexibility index (Phi) is 6.85. The van der Waals surface area contributed by atoms with Crippen LogP contribution < -0.4 is 4.74 Å². The van der Waals surface area contributed by atoms with Crippen LogP contribution in [0.25, 0.3) is 0 Å². The van der Waals surface area contributed by atoms with E-state index in [1.54, 1.807) is 12.3 Å². The summed E-state index contributed by atoms with van der Waals surface area (Å²) < 4.78 is 5.46. The van der Waals surface area contributed by atoms with Gasteiger partial charge in [0.2, 0.25) is 0 Å². The fourth-order valence-corrected chi connectivity index (χ4v) is 4.03. The zero-order chi connectivity index (χ0) is 21.5. The third-order valence-corrected chi connectivity index (χ3v) is 5.58. The molecule has 31 heavy (non-hydrogen) atoms. The lowest BCUT2D eigenvalue weighted by Crippen LogP contribution is -2.45. The number of hydrogen-bond acceptors (Lipinski definition) is 5. The van der Waals surface area contributed by atoms with Gasteiger partial charge in [0, 0.05) is 31.7 Å². The van der Waals surface area contributed by atoms with Crippen molar-refractivity contribution in [3.8, 4) is 11.5 Å². The van der Waals surface area contributed by atoms with Gasteiger partial charge in [0.05, 0.1) is 18.9 Å². The predicted molar refractivity (Wildman–Crippen MR) is 125 cm³/mol. The molecule has 160 valence electrons. The van der Waals surface area contributed by atoms with Crippen LogP contribution in [0.1, 0.15) is 29.7 Å². The van der Waals surface area contributed by atoms with E-state index in [2.05, 4.69) is 75.7 Å². The molecule has 0 atom stereocenters. The lowest BCUT2D eigenvalue weighted by molar-refractivity contribution is 0.113. The molecule has 5 heteroatoms. The summed E-state index contributed by atoms with van der Waals surface area (Å²) in [6.45, 7) is 5.91. The first-order chi connectivity index (χ1) is 15.3. The zero-order valence-electron chi connectivity index (χ0n) is 17.9. The summed E-state index contributed by atoms with van der Waals surface area (Å²) in [7, 11) is 0. The van der Waals surface area contributed by atoms with Gasteiger partial charge in [-0.25, -0.2) is 0 Å². The highest BCUT2D eigenvalue weighted by molar-refractivity contribution is 5.84. The van der Waals surface area contributed by atoms with E-state index in [1.807, 2.05) is 19.1 Å². The molecular formula is C26H29N3O2. The molecule has 0 aliphatic carbocycles. The third kappa shape index (κ3) is 5.06. The molecule has 0 aromatic heterocycles. The first kappa shape index (κ1) is 20.9. The van der Waals surface area contributed by atoms with Gasteiger partial charge in [-0.3, -0.25) is 9.91 Å². The van der Waals surface area contributed by atoms with E-state index >= 15 is 0 Å². The minimum absolute atomic E-state index is 0.139. The third-order valence-electron chi connectivity index (χ3n) is 5.58. The van der Waals surface area contributed by atoms with E-state index in [4.69, 9.17) is 4.74 Å². The number of nitrogens with zero attached hydrogens (tertiary/aromatic N) is 3. The number of phenolic OH excluding ortho intramolecular Hbond substituents is 1. The van der Waals surface area contributed by atoms with Gasteiger partial charge in [0.1, 0.15) is 0 Å². The molecule has 0 saturated carbocycles. The molecule has 1 aliphatic heterocycles. The van der Waals surface area contributed by atoms with Crippen molar-refractivity contribution in [2.75, 3.05) is 32.8 Å². The Labute approximate surface area is 184 Å². The molecule has 0 amide bonds. The Hall–Kier alpha value is -3.31. The molecule has 3 aromatic carbocycles. The van der Waals surface area contributed by atoms with Crippen LogP contribution in [0.2, 0.25) is 0 Å². The quantitative estimate of drug-likeness (QED) is 0.576. The maximum Gasteiger partial charge on any atom is 0.166 e. The molecule has 1 N–H and O–H groups in total. The van der Waals surface area contributed by atoms with Crippen molar-refractivity contribution in [3.63, 3.8) is 0 Å². The molecule has 1 fully saturated rings. The number of para-hydroxylation sites is 1. The van der Waals surface area contributed by atoms with Crippen molar-refractivity contribution >= 4 is 6.21 Å². The second kappa shape index (κ2) is 10.1. The van der Waals surface area contributed by atoms with E-state index in [0.29, 0.717) is 17.9 Å². The van der Waals surface area contributed by atoms with E-state index < -0.39 is 0 Å². The van der Waals surface area contributed by atoms with Crippen LogP contribution in [-0.4, -0.2) is 54.0 Å². The van der Waals surface area contributed by atoms with Gasteiger partial charge in [-0.2, -0.15) is 5.10 Å². The molecule has 1 aliphatic rings. The average molecular weight is 416 g/mol. The number of hydrazone groups is 1. The summed E-state index contributed by atoms with van der Waals surface area (Å²) in [6, 6.07) is 27.1. The van der Waals surface area contributed by atoms with Crippen LogP contribution in [0.15, 0.2) is 84.0 Å². The minimum atomic E-state index is 0.139. The smallest absolute Gasteiger partial charge is 0.166 e. The van der Waals surface area contributed by atoms with E-state index in [9.17, 15) is 5.11 Å². The summed E-state index contributed by atoms with van der Waals surface area (Å²) in [6.07, 6.45) is 1.72. The van der Waals surface area contributed by atoms with E-state index in [-0.39, 0.29) is 11.8 Å². The second-order valence-corrected chi connectivity index (χ2v) is 7.59. The fourth-order valence-electron chi connectivity index (χ4n) is 4.03. The van der Waals surface area contributed by atoms with Crippen LogP contribution >= 0.6 is 0 Å². The monoisotopic (exact) mass is 415 g/mol. The highest BCUT2D eigenvalue weighted by atomic mass is 16.5. The molecule has 1 heterocycles. The molecule has 0 unspecified atom stereocenters. The van der Waals surface area contributed by atoms with Crippen LogP contribution in [0.3, 0.4) is 0 Å². The Bertz CT molecular complexity index is 945. The van der Waals surface area contributed by atoms with Crippen molar-refractivity contribution in [1.29, 1.82) is 0 Å². The molecule has 4 rings (SSSR count). The number of piperazine rings is 1. The van der Waals surface area contributed by atoms with Gasteiger partial charge in [0.25, 0.3) is 0 Å². The Morgan fingerprint density at radius 3 is 2.06 bits per heavy atom. The summed E-state index contributed by atoms with van der Waals surface area (Å²) in [4.78, 5) is 2.52. The minimum Gasteiger partial charge on any atom is -0.504 e. The summed E-state index contributed by atoms with van der Waals surface area (Å²) in [5.41, 5.74) is 3.28. The van der Waals surface area contributed by atoms with Crippen LogP contribution in [0, 0.1) is 0 Å². The predicted octanol–water partition coefficient (Wildman–Crippen LogP) is 4.53. The Morgan fingerprint density at radius 1 is 0.871 bits per heavy atom. The normalized spacial score (nSPS) is 15.0. The van der Waals surface area contributed by atoms with E-state index in [1.165, 1.54) is 11.1 Å². The molecule has 0 spiro atoms. The summed E-state index contributed by atoms with van der Waals surface area (Å²) >= 11 is 0. The van der Waals surface area contributed by atoms with Crippen molar-refractivity contribution in [2.24, 2.45) is 5.10 Å².